The van der Waals surface area contributed by atoms with E-state index in [1.54, 1.807) is 0 Å². The van der Waals surface area contributed by atoms with Gasteiger partial charge in [-0.15, -0.1) is 0 Å². The van der Waals surface area contributed by atoms with E-state index in [1.165, 1.54) is 29.9 Å². The summed E-state index contributed by atoms with van der Waals surface area (Å²) in [7, 11) is 0. The summed E-state index contributed by atoms with van der Waals surface area (Å²) in [5.74, 6) is 2.54. The van der Waals surface area contributed by atoms with E-state index < -0.39 is 11.4 Å². The van der Waals surface area contributed by atoms with E-state index >= 15 is 0 Å². The first-order chi connectivity index (χ1) is 9.22. The number of hydrogen-bond donors (Lipinski definition) is 1. The summed E-state index contributed by atoms with van der Waals surface area (Å²) in [5, 5.41) is 9.45. The monoisotopic (exact) mass is 276 g/mol. The largest absolute Gasteiger partial charge is 0.481 e. The molecule has 1 saturated carbocycles. The van der Waals surface area contributed by atoms with Crippen LogP contribution >= 0.6 is 11.8 Å². The summed E-state index contributed by atoms with van der Waals surface area (Å²) in [6, 6.07) is 8.45. The van der Waals surface area contributed by atoms with Gasteiger partial charge in [0.05, 0.1) is 5.41 Å². The Morgan fingerprint density at radius 2 is 1.79 bits per heavy atom. The number of carboxylic acid groups (broad SMARTS) is 1. The number of benzene rings is 1. The zero-order valence-corrected chi connectivity index (χ0v) is 11.9. The highest BCUT2D eigenvalue weighted by molar-refractivity contribution is 7.99. The van der Waals surface area contributed by atoms with Crippen LogP contribution in [-0.2, 0) is 10.2 Å². The van der Waals surface area contributed by atoms with E-state index in [0.717, 1.165) is 24.8 Å². The Morgan fingerprint density at radius 1 is 1.16 bits per heavy atom. The predicted octanol–water partition coefficient (Wildman–Crippen LogP) is 3.80. The molecule has 0 amide bonds. The zero-order chi connectivity index (χ0) is 13.3. The normalized spacial score (nSPS) is 22.7. The maximum absolute atomic E-state index is 11.5. The standard InChI is InChI=1S/C16H20O2S/c17-15(18)16(8-1-9-16)14-4-2-12(3-5-14)13-6-10-19-11-7-13/h2-5,13H,1,6-11H2,(H,17,18). The first-order valence-electron chi connectivity index (χ1n) is 7.14. The number of hydrogen-bond acceptors (Lipinski definition) is 2. The summed E-state index contributed by atoms with van der Waals surface area (Å²) < 4.78 is 0. The Bertz CT molecular complexity index is 456. The molecule has 0 unspecified atom stereocenters. The number of carboxylic acids is 1. The summed E-state index contributed by atoms with van der Waals surface area (Å²) in [6.07, 6.45) is 5.14. The lowest BCUT2D eigenvalue weighted by atomic mass is 9.64. The van der Waals surface area contributed by atoms with E-state index in [0.29, 0.717) is 5.92 Å². The molecule has 1 heterocycles. The molecule has 2 nitrogen and oxygen atoms in total. The molecular weight excluding hydrogens is 256 g/mol. The first-order valence-corrected chi connectivity index (χ1v) is 8.29. The molecule has 1 saturated heterocycles. The predicted molar refractivity (Wildman–Crippen MR) is 78.9 cm³/mol. The lowest BCUT2D eigenvalue weighted by molar-refractivity contribution is -0.147. The lowest BCUT2D eigenvalue weighted by Gasteiger charge is -2.38. The zero-order valence-electron chi connectivity index (χ0n) is 11.1. The van der Waals surface area contributed by atoms with Gasteiger partial charge in [-0.2, -0.15) is 11.8 Å². The molecule has 1 aromatic carbocycles. The Kier molecular flexibility index (Phi) is 3.57. The molecule has 1 aliphatic heterocycles. The first kappa shape index (κ1) is 13.0. The molecule has 0 radical (unpaired) electrons. The molecule has 3 rings (SSSR count). The van der Waals surface area contributed by atoms with Gasteiger partial charge < -0.3 is 5.11 Å². The molecule has 1 N–H and O–H groups in total. The highest BCUT2D eigenvalue weighted by Crippen LogP contribution is 2.44. The SMILES string of the molecule is O=C(O)C1(c2ccc(C3CCSCC3)cc2)CCC1. The van der Waals surface area contributed by atoms with Crippen LogP contribution in [0.25, 0.3) is 0 Å². The van der Waals surface area contributed by atoms with Crippen molar-refractivity contribution in [1.82, 2.24) is 0 Å². The molecule has 0 aromatic heterocycles. The van der Waals surface area contributed by atoms with Gasteiger partial charge in [0, 0.05) is 0 Å². The summed E-state index contributed by atoms with van der Waals surface area (Å²) in [5.41, 5.74) is 1.81. The molecule has 1 aromatic rings. The minimum atomic E-state index is -0.652. The minimum Gasteiger partial charge on any atom is -0.481 e. The molecule has 19 heavy (non-hydrogen) atoms. The summed E-state index contributed by atoms with van der Waals surface area (Å²) >= 11 is 2.04. The van der Waals surface area contributed by atoms with Gasteiger partial charge in [-0.1, -0.05) is 30.7 Å². The van der Waals surface area contributed by atoms with Crippen LogP contribution in [0.15, 0.2) is 24.3 Å². The second-order valence-electron chi connectivity index (χ2n) is 5.75. The molecular formula is C16H20O2S. The van der Waals surface area contributed by atoms with Crippen molar-refractivity contribution in [2.24, 2.45) is 0 Å². The topological polar surface area (TPSA) is 37.3 Å². The van der Waals surface area contributed by atoms with Crippen molar-refractivity contribution in [3.8, 4) is 0 Å². The fraction of sp³-hybridized carbons (Fsp3) is 0.562. The highest BCUT2D eigenvalue weighted by Gasteiger charge is 2.45. The highest BCUT2D eigenvalue weighted by atomic mass is 32.2. The van der Waals surface area contributed by atoms with E-state index in [2.05, 4.69) is 24.3 Å². The van der Waals surface area contributed by atoms with Crippen LogP contribution in [0.2, 0.25) is 0 Å². The maximum atomic E-state index is 11.5. The van der Waals surface area contributed by atoms with Crippen molar-refractivity contribution >= 4 is 17.7 Å². The van der Waals surface area contributed by atoms with Gasteiger partial charge >= 0.3 is 5.97 Å². The Morgan fingerprint density at radius 3 is 2.26 bits per heavy atom. The van der Waals surface area contributed by atoms with Gasteiger partial charge in [0.2, 0.25) is 0 Å². The Balaban J connectivity index is 1.80. The van der Waals surface area contributed by atoms with Crippen LogP contribution in [0.1, 0.15) is 49.1 Å². The quantitative estimate of drug-likeness (QED) is 0.912. The fourth-order valence-corrected chi connectivity index (χ4v) is 4.37. The van der Waals surface area contributed by atoms with Gasteiger partial charge in [0.15, 0.2) is 0 Å². The smallest absolute Gasteiger partial charge is 0.314 e. The van der Waals surface area contributed by atoms with E-state index in [-0.39, 0.29) is 0 Å². The van der Waals surface area contributed by atoms with E-state index in [1.807, 2.05) is 11.8 Å². The molecule has 0 spiro atoms. The molecule has 102 valence electrons. The maximum Gasteiger partial charge on any atom is 0.314 e. The average Bonchev–Trinajstić information content (AvgIpc) is 2.39. The van der Waals surface area contributed by atoms with Crippen LogP contribution in [0.4, 0.5) is 0 Å². The van der Waals surface area contributed by atoms with Crippen LogP contribution in [0.5, 0.6) is 0 Å². The van der Waals surface area contributed by atoms with E-state index in [9.17, 15) is 9.90 Å². The second-order valence-corrected chi connectivity index (χ2v) is 6.97. The van der Waals surface area contributed by atoms with Crippen molar-refractivity contribution in [2.45, 2.75) is 43.4 Å². The molecule has 0 bridgehead atoms. The number of carbonyl (C=O) groups is 1. The van der Waals surface area contributed by atoms with Crippen molar-refractivity contribution in [3.05, 3.63) is 35.4 Å². The fourth-order valence-electron chi connectivity index (χ4n) is 3.26. The van der Waals surface area contributed by atoms with Crippen molar-refractivity contribution in [1.29, 1.82) is 0 Å². The lowest BCUT2D eigenvalue weighted by Crippen LogP contribution is -2.42. The minimum absolute atomic E-state index is 0.582. The van der Waals surface area contributed by atoms with Crippen molar-refractivity contribution in [3.63, 3.8) is 0 Å². The second kappa shape index (κ2) is 5.20. The van der Waals surface area contributed by atoms with Gasteiger partial charge in [-0.3, -0.25) is 4.79 Å². The third-order valence-electron chi connectivity index (χ3n) is 4.77. The van der Waals surface area contributed by atoms with Gasteiger partial charge in [0.25, 0.3) is 0 Å². The van der Waals surface area contributed by atoms with Crippen LogP contribution in [0, 0.1) is 0 Å². The van der Waals surface area contributed by atoms with Crippen LogP contribution in [0.3, 0.4) is 0 Å². The van der Waals surface area contributed by atoms with E-state index in [4.69, 9.17) is 0 Å². The number of rotatable bonds is 3. The number of aliphatic carboxylic acids is 1. The van der Waals surface area contributed by atoms with Crippen molar-refractivity contribution < 1.29 is 9.90 Å². The van der Waals surface area contributed by atoms with Gasteiger partial charge in [-0.05, 0) is 54.2 Å². The molecule has 2 fully saturated rings. The molecule has 2 aliphatic rings. The Hall–Kier alpha value is -0.960. The molecule has 0 atom stereocenters. The number of thioether (sulfide) groups is 1. The van der Waals surface area contributed by atoms with Crippen LogP contribution < -0.4 is 0 Å². The Labute approximate surface area is 118 Å². The average molecular weight is 276 g/mol. The van der Waals surface area contributed by atoms with Crippen LogP contribution in [-0.4, -0.2) is 22.6 Å². The third kappa shape index (κ3) is 2.29. The van der Waals surface area contributed by atoms with Crippen molar-refractivity contribution in [2.75, 3.05) is 11.5 Å². The third-order valence-corrected chi connectivity index (χ3v) is 5.82. The molecule has 3 heteroatoms. The summed E-state index contributed by atoms with van der Waals surface area (Å²) in [6.45, 7) is 0. The van der Waals surface area contributed by atoms with Gasteiger partial charge in [-0.25, -0.2) is 0 Å². The molecule has 1 aliphatic carbocycles. The summed E-state index contributed by atoms with van der Waals surface area (Å²) in [4.78, 5) is 11.5. The van der Waals surface area contributed by atoms with Gasteiger partial charge in [0.1, 0.15) is 0 Å².